The van der Waals surface area contributed by atoms with Gasteiger partial charge in [-0.1, -0.05) is 53.2 Å². The molecule has 0 aromatic heterocycles. The van der Waals surface area contributed by atoms with Gasteiger partial charge < -0.3 is 25.2 Å². The molecular formula is C23H39BrN5O11PS2. The molecule has 0 bridgehead atoms. The Balaban J connectivity index is 0.000000860. The minimum atomic E-state index is -4.89. The number of nitrogens with zero attached hydrogens (tertiary/aromatic N) is 2. The number of nitroso groups, excluding NO2 is 1. The van der Waals surface area contributed by atoms with Gasteiger partial charge in [-0.2, -0.15) is 9.63 Å². The molecule has 1 heterocycles. The van der Waals surface area contributed by atoms with Crippen molar-refractivity contribution in [2.24, 2.45) is 10.9 Å². The molecule has 0 spiro atoms. The fraction of sp³-hybridized carbons (Fsp3) is 0.609. The normalized spacial score (nSPS) is 21.0. The molecule has 43 heavy (non-hydrogen) atoms. The highest BCUT2D eigenvalue weighted by atomic mass is 79.9. The number of urea groups is 1. The summed E-state index contributed by atoms with van der Waals surface area (Å²) in [6.45, 7) is 6.34. The van der Waals surface area contributed by atoms with Crippen LogP contribution in [-0.2, 0) is 28.9 Å². The van der Waals surface area contributed by atoms with E-state index in [1.165, 1.54) is 12.1 Å². The van der Waals surface area contributed by atoms with Crippen molar-refractivity contribution < 1.29 is 50.7 Å². The van der Waals surface area contributed by atoms with Crippen molar-refractivity contribution in [2.75, 3.05) is 26.7 Å². The number of nitrogens with two attached hydrogens (primary N) is 1. The molecule has 16 nitrogen and oxygen atoms in total. The number of thiol groups is 1. The van der Waals surface area contributed by atoms with E-state index in [9.17, 15) is 27.7 Å². The number of sulfonamides is 1. The van der Waals surface area contributed by atoms with Gasteiger partial charge in [0.1, 0.15) is 15.9 Å². The Hall–Kier alpha value is -1.96. The number of esters is 1. The van der Waals surface area contributed by atoms with Crippen LogP contribution in [0.25, 0.3) is 0 Å². The van der Waals surface area contributed by atoms with E-state index in [2.05, 4.69) is 38.6 Å². The summed E-state index contributed by atoms with van der Waals surface area (Å²) in [5, 5.41) is 5.24. The fourth-order valence-electron chi connectivity index (χ4n) is 3.76. The minimum Gasteiger partial charge on any atom is -0.756 e. The molecule has 20 heteroatoms. The van der Waals surface area contributed by atoms with Gasteiger partial charge in [-0.15, -0.1) is 0 Å². The summed E-state index contributed by atoms with van der Waals surface area (Å²) < 4.78 is 41.3. The number of carbonyl (C=O) groups excluding carboxylic acids is 3. The molecule has 1 aromatic carbocycles. The van der Waals surface area contributed by atoms with Crippen LogP contribution in [0.3, 0.4) is 0 Å². The van der Waals surface area contributed by atoms with Gasteiger partial charge in [-0.05, 0) is 31.9 Å². The zero-order valence-electron chi connectivity index (χ0n) is 24.1. The lowest BCUT2D eigenvalue weighted by molar-refractivity contribution is -0.778. The van der Waals surface area contributed by atoms with Crippen LogP contribution in [0.1, 0.15) is 46.5 Å². The van der Waals surface area contributed by atoms with Gasteiger partial charge in [-0.3, -0.25) is 23.4 Å². The number of primary amides is 1. The van der Waals surface area contributed by atoms with Gasteiger partial charge in [0.2, 0.25) is 15.9 Å². The van der Waals surface area contributed by atoms with Gasteiger partial charge in [0, 0.05) is 12.8 Å². The second-order valence-electron chi connectivity index (χ2n) is 9.58. The van der Waals surface area contributed by atoms with E-state index >= 15 is 0 Å². The second kappa shape index (κ2) is 17.5. The van der Waals surface area contributed by atoms with Gasteiger partial charge in [0.25, 0.3) is 7.82 Å². The number of hydrogen-bond acceptors (Lipinski definition) is 11. The maximum atomic E-state index is 12.7. The van der Waals surface area contributed by atoms with E-state index in [-0.39, 0.29) is 30.3 Å². The third kappa shape index (κ3) is 14.6. The lowest BCUT2D eigenvalue weighted by Gasteiger charge is -2.41. The number of amides is 3. The Morgan fingerprint density at radius 2 is 1.67 bits per heavy atom. The summed E-state index contributed by atoms with van der Waals surface area (Å²) in [5.74, 6) is -1.18. The van der Waals surface area contributed by atoms with Crippen LogP contribution in [-0.4, -0.2) is 82.6 Å². The van der Waals surface area contributed by atoms with E-state index in [0.717, 1.165) is 0 Å². The summed E-state index contributed by atoms with van der Waals surface area (Å²) in [7, 11) is -7.03. The molecule has 1 aliphatic heterocycles. The summed E-state index contributed by atoms with van der Waals surface area (Å²) in [4.78, 5) is 68.8. The molecule has 0 radical (unpaired) electrons. The Bertz CT molecular complexity index is 1230. The number of imide groups is 1. The number of hydrogen-bond donors (Lipinski definition) is 6. The molecule has 0 saturated carbocycles. The lowest BCUT2D eigenvalue weighted by atomic mass is 9.82. The molecule has 2 rings (SSSR count). The molecule has 1 aliphatic rings. The number of rotatable bonds is 10. The van der Waals surface area contributed by atoms with E-state index < -0.39 is 45.8 Å². The minimum absolute atomic E-state index is 0.000900. The smallest absolute Gasteiger partial charge is 0.326 e. The predicted molar refractivity (Wildman–Crippen MR) is 162 cm³/mol. The van der Waals surface area contributed by atoms with Crippen molar-refractivity contribution in [1.82, 2.24) is 10.0 Å². The first kappa shape index (κ1) is 41.0. The van der Waals surface area contributed by atoms with Crippen molar-refractivity contribution >= 4 is 64.5 Å². The van der Waals surface area contributed by atoms with Crippen molar-refractivity contribution in [2.45, 2.75) is 67.3 Å². The van der Waals surface area contributed by atoms with Crippen LogP contribution in [0, 0.1) is 4.91 Å². The topological polar surface area (TPSA) is 255 Å². The van der Waals surface area contributed by atoms with E-state index in [0.29, 0.717) is 29.8 Å². The Kier molecular flexibility index (Phi) is 16.7. The number of nitrogens with one attached hydrogen (secondary N) is 2. The number of phosphoric acid groups is 1. The molecule has 1 saturated heterocycles. The number of quaternary nitrogens is 1. The number of halogens is 1. The van der Waals surface area contributed by atoms with Crippen molar-refractivity contribution in [1.29, 1.82) is 0 Å². The van der Waals surface area contributed by atoms with Gasteiger partial charge >= 0.3 is 12.0 Å². The third-order valence-corrected chi connectivity index (χ3v) is 9.71. The van der Waals surface area contributed by atoms with Crippen LogP contribution in [0.5, 0.6) is 0 Å². The standard InChI is InChI=1S/C16H24N3O5S2.C7H13BrN2O2.H3O4P/c1-3-24-15(20)14(16(18-21)9-11-19(2,25)12-10-16)17-26(22,23)13-7-5-4-6-8-13;1-3-7(8,4-2)5(11)10-6(9)12;1-5(2,3)4/h4-8,14,17,25H,3,9-12H2,1-2H3;3-4H2,1-2H3,(H3,9,10,11,12);(H3,1,2,3,4)/q+1;;/p-1. The lowest BCUT2D eigenvalue weighted by Crippen LogP contribution is -2.61. The average Bonchev–Trinajstić information content (AvgIpc) is 2.91. The van der Waals surface area contributed by atoms with Gasteiger partial charge in [0.15, 0.2) is 0 Å². The number of piperidine rings is 1. The average molecular weight is 737 g/mol. The number of ether oxygens (including phenoxy) is 1. The zero-order chi connectivity index (χ0) is 33.7. The van der Waals surface area contributed by atoms with Crippen LogP contribution in [0.2, 0.25) is 0 Å². The van der Waals surface area contributed by atoms with Crippen molar-refractivity contribution in [3.8, 4) is 0 Å². The quantitative estimate of drug-likeness (QED) is 0.0495. The summed E-state index contributed by atoms with van der Waals surface area (Å²) >= 11 is 7.74. The summed E-state index contributed by atoms with van der Waals surface area (Å²) in [5.41, 5.74) is 3.40. The first-order chi connectivity index (χ1) is 19.6. The number of carbonyl (C=O) groups is 3. The Morgan fingerprint density at radius 1 is 1.21 bits per heavy atom. The molecule has 1 atom stereocenters. The molecule has 0 aliphatic carbocycles. The highest BCUT2D eigenvalue weighted by Crippen LogP contribution is 2.35. The van der Waals surface area contributed by atoms with E-state index in [1.807, 2.05) is 26.2 Å². The molecule has 3 amide bonds. The summed E-state index contributed by atoms with van der Waals surface area (Å²) in [6.07, 6.45) is 1.67. The monoisotopic (exact) mass is 735 g/mol. The highest BCUT2D eigenvalue weighted by Gasteiger charge is 2.52. The fourth-order valence-corrected chi connectivity index (χ4v) is 5.34. The Morgan fingerprint density at radius 3 is 2.05 bits per heavy atom. The van der Waals surface area contributed by atoms with Crippen molar-refractivity contribution in [3.63, 3.8) is 0 Å². The van der Waals surface area contributed by atoms with E-state index in [4.69, 9.17) is 29.7 Å². The first-order valence-corrected chi connectivity index (χ1v) is 17.0. The van der Waals surface area contributed by atoms with Crippen LogP contribution in [0.4, 0.5) is 4.79 Å². The van der Waals surface area contributed by atoms with Crippen molar-refractivity contribution in [3.05, 3.63) is 35.2 Å². The molecule has 1 aromatic rings. The molecule has 246 valence electrons. The molecule has 1 fully saturated rings. The number of alkyl halides is 1. The van der Waals surface area contributed by atoms with Crippen LogP contribution < -0.4 is 20.7 Å². The van der Waals surface area contributed by atoms with E-state index in [1.54, 1.807) is 25.1 Å². The molecule has 6 N–H and O–H groups in total. The van der Waals surface area contributed by atoms with Gasteiger partial charge in [0.05, 0.1) is 44.5 Å². The number of likely N-dealkylation sites (tertiary alicyclic amines) is 1. The largest absolute Gasteiger partial charge is 0.756 e. The third-order valence-electron chi connectivity index (χ3n) is 6.39. The zero-order valence-corrected chi connectivity index (χ0v) is 28.3. The molecule has 1 unspecified atom stereocenters. The Labute approximate surface area is 264 Å². The second-order valence-corrected chi connectivity index (χ2v) is 14.8. The predicted octanol–water partition coefficient (Wildman–Crippen LogP) is 1.06. The SMILES string of the molecule is CCC(Br)(CC)C(=O)NC(N)=O.CCOC(=O)C(NS(=O)(=O)c1ccccc1)C1(N=O)CC[N+](C)(S)CC1.O=P([O-])(O)O. The maximum absolute atomic E-state index is 12.7. The highest BCUT2D eigenvalue weighted by molar-refractivity contribution is 9.10. The maximum Gasteiger partial charge on any atom is 0.326 e. The first-order valence-electron chi connectivity index (χ1n) is 12.8. The van der Waals surface area contributed by atoms with Crippen LogP contribution in [0.15, 0.2) is 40.4 Å². The van der Waals surface area contributed by atoms with Gasteiger partial charge in [-0.25, -0.2) is 13.2 Å². The van der Waals surface area contributed by atoms with Crippen LogP contribution >= 0.6 is 36.6 Å². The number of benzene rings is 1. The molecular weight excluding hydrogens is 697 g/mol. The summed E-state index contributed by atoms with van der Waals surface area (Å²) in [6, 6.07) is 5.45.